The van der Waals surface area contributed by atoms with Gasteiger partial charge in [0.05, 0.1) is 6.61 Å². The van der Waals surface area contributed by atoms with E-state index < -0.39 is 0 Å². The molecular weight excluding hydrogens is 182 g/mol. The van der Waals surface area contributed by atoms with Crippen LogP contribution in [0.4, 0.5) is 5.69 Å². The van der Waals surface area contributed by atoms with Crippen LogP contribution in [0.15, 0.2) is 18.2 Å². The molecule has 70 valence electrons. The van der Waals surface area contributed by atoms with Gasteiger partial charge in [0.1, 0.15) is 0 Å². The summed E-state index contributed by atoms with van der Waals surface area (Å²) in [4.78, 5) is 0. The second-order valence-corrected chi connectivity index (χ2v) is 4.18. The molecule has 1 unspecified atom stereocenters. The van der Waals surface area contributed by atoms with E-state index in [9.17, 15) is 5.11 Å². The predicted molar refractivity (Wildman–Crippen MR) is 57.1 cm³/mol. The average Bonchev–Trinajstić information content (AvgIpc) is 2.60. The summed E-state index contributed by atoms with van der Waals surface area (Å²) in [7, 11) is 0. The number of hydrogen-bond donors (Lipinski definition) is 2. The van der Waals surface area contributed by atoms with Gasteiger partial charge in [0, 0.05) is 17.5 Å². The summed E-state index contributed by atoms with van der Waals surface area (Å²) in [6.45, 7) is 1.12. The van der Waals surface area contributed by atoms with Gasteiger partial charge in [-0.1, -0.05) is 12.1 Å². The minimum absolute atomic E-state index is 0.141. The molecule has 2 N–H and O–H groups in total. The molecule has 0 aliphatic carbocycles. The van der Waals surface area contributed by atoms with Crippen LogP contribution < -0.4 is 5.32 Å². The Kier molecular flexibility index (Phi) is 2.47. The summed E-state index contributed by atoms with van der Waals surface area (Å²) in [5.74, 6) is 0. The van der Waals surface area contributed by atoms with Gasteiger partial charge in [-0.05, 0) is 23.4 Å². The first-order valence-corrected chi connectivity index (χ1v) is 5.65. The van der Waals surface area contributed by atoms with Gasteiger partial charge in [0.2, 0.25) is 0 Å². The molecule has 0 radical (unpaired) electrons. The van der Waals surface area contributed by atoms with Gasteiger partial charge in [-0.2, -0.15) is 11.8 Å². The normalized spacial score (nSPS) is 19.7. The topological polar surface area (TPSA) is 32.3 Å². The van der Waals surface area contributed by atoms with Gasteiger partial charge in [0.25, 0.3) is 0 Å². The lowest BCUT2D eigenvalue weighted by molar-refractivity contribution is 0.281. The molecule has 1 aromatic rings. The number of benzene rings is 1. The molecule has 3 heteroatoms. The third-order valence-corrected chi connectivity index (χ3v) is 3.42. The molecule has 1 heterocycles. The molecule has 1 atom stereocenters. The first kappa shape index (κ1) is 8.91. The van der Waals surface area contributed by atoms with E-state index in [1.165, 1.54) is 11.3 Å². The van der Waals surface area contributed by atoms with E-state index in [0.717, 1.165) is 12.1 Å². The van der Waals surface area contributed by atoms with Crippen molar-refractivity contribution < 1.29 is 5.11 Å². The maximum absolute atomic E-state index is 9.18. The minimum Gasteiger partial charge on any atom is -0.392 e. The smallest absolute Gasteiger partial charge is 0.0685 e. The second-order valence-electron chi connectivity index (χ2n) is 3.14. The van der Waals surface area contributed by atoms with E-state index in [2.05, 4.69) is 17.6 Å². The second kappa shape index (κ2) is 3.60. The van der Waals surface area contributed by atoms with E-state index in [1.807, 2.05) is 23.9 Å². The quantitative estimate of drug-likeness (QED) is 0.757. The van der Waals surface area contributed by atoms with E-state index in [4.69, 9.17) is 0 Å². The largest absolute Gasteiger partial charge is 0.392 e. The lowest BCUT2D eigenvalue weighted by Gasteiger charge is -2.10. The van der Waals surface area contributed by atoms with Crippen LogP contribution in [0.25, 0.3) is 0 Å². The summed E-state index contributed by atoms with van der Waals surface area (Å²) in [5.41, 5.74) is 3.53. The Balaban J connectivity index is 2.46. The molecule has 0 saturated heterocycles. The van der Waals surface area contributed by atoms with E-state index >= 15 is 0 Å². The molecule has 2 nitrogen and oxygen atoms in total. The zero-order chi connectivity index (χ0) is 9.26. The number of hydrogen-bond acceptors (Lipinski definition) is 3. The molecule has 13 heavy (non-hydrogen) atoms. The van der Waals surface area contributed by atoms with E-state index in [0.29, 0.717) is 5.25 Å². The molecule has 0 saturated carbocycles. The number of aliphatic hydroxyl groups is 1. The fourth-order valence-electron chi connectivity index (χ4n) is 1.79. The van der Waals surface area contributed by atoms with Crippen LogP contribution in [0, 0.1) is 0 Å². The monoisotopic (exact) mass is 195 g/mol. The van der Waals surface area contributed by atoms with Crippen molar-refractivity contribution in [1.82, 2.24) is 0 Å². The van der Waals surface area contributed by atoms with Crippen molar-refractivity contribution in [3.8, 4) is 0 Å². The first-order valence-electron chi connectivity index (χ1n) is 4.36. The molecule has 1 aliphatic heterocycles. The maximum atomic E-state index is 9.18. The fraction of sp³-hybridized carbons (Fsp3) is 0.400. The van der Waals surface area contributed by atoms with Gasteiger partial charge in [-0.3, -0.25) is 0 Å². The Hall–Kier alpha value is -0.670. The summed E-state index contributed by atoms with van der Waals surface area (Å²) in [6, 6.07) is 6.06. The van der Waals surface area contributed by atoms with Crippen LogP contribution >= 0.6 is 11.8 Å². The molecule has 0 bridgehead atoms. The number of aliphatic hydroxyl groups excluding tert-OH is 1. The van der Waals surface area contributed by atoms with Crippen LogP contribution in [0.2, 0.25) is 0 Å². The van der Waals surface area contributed by atoms with Gasteiger partial charge in [-0.25, -0.2) is 0 Å². The van der Waals surface area contributed by atoms with Crippen LogP contribution in [-0.4, -0.2) is 17.9 Å². The van der Waals surface area contributed by atoms with Gasteiger partial charge < -0.3 is 10.4 Å². The van der Waals surface area contributed by atoms with Crippen molar-refractivity contribution >= 4 is 17.4 Å². The van der Waals surface area contributed by atoms with Crippen molar-refractivity contribution in [1.29, 1.82) is 0 Å². The van der Waals surface area contributed by atoms with Crippen molar-refractivity contribution in [2.45, 2.75) is 11.9 Å². The van der Waals surface area contributed by atoms with Crippen LogP contribution in [0.1, 0.15) is 16.4 Å². The Morgan fingerprint density at radius 1 is 1.62 bits per heavy atom. The Bertz CT molecular complexity index is 314. The van der Waals surface area contributed by atoms with E-state index in [-0.39, 0.29) is 6.61 Å². The minimum atomic E-state index is 0.141. The van der Waals surface area contributed by atoms with Crippen LogP contribution in [-0.2, 0) is 6.61 Å². The average molecular weight is 195 g/mol. The molecule has 0 aromatic heterocycles. The summed E-state index contributed by atoms with van der Waals surface area (Å²) in [5, 5.41) is 13.0. The molecule has 1 aliphatic rings. The van der Waals surface area contributed by atoms with Crippen LogP contribution in [0.3, 0.4) is 0 Å². The number of nitrogens with one attached hydrogen (secondary N) is 1. The third-order valence-electron chi connectivity index (χ3n) is 2.45. The van der Waals surface area contributed by atoms with Crippen molar-refractivity contribution in [3.05, 3.63) is 29.3 Å². The van der Waals surface area contributed by atoms with Gasteiger partial charge >= 0.3 is 0 Å². The lowest BCUT2D eigenvalue weighted by atomic mass is 10.1. The lowest BCUT2D eigenvalue weighted by Crippen LogP contribution is -1.98. The number of thioether (sulfide) groups is 1. The number of fused-ring (bicyclic) bond motifs is 1. The van der Waals surface area contributed by atoms with Crippen molar-refractivity contribution in [2.75, 3.05) is 18.1 Å². The summed E-state index contributed by atoms with van der Waals surface area (Å²) < 4.78 is 0. The van der Waals surface area contributed by atoms with Gasteiger partial charge in [0.15, 0.2) is 0 Å². The Labute approximate surface area is 82.4 Å². The number of anilines is 1. The Morgan fingerprint density at radius 2 is 2.46 bits per heavy atom. The maximum Gasteiger partial charge on any atom is 0.0685 e. The highest BCUT2D eigenvalue weighted by Gasteiger charge is 2.23. The molecule has 0 fully saturated rings. The summed E-state index contributed by atoms with van der Waals surface area (Å²) in [6.07, 6.45) is 2.11. The van der Waals surface area contributed by atoms with Crippen molar-refractivity contribution in [3.63, 3.8) is 0 Å². The first-order chi connectivity index (χ1) is 6.36. The predicted octanol–water partition coefficient (Wildman–Crippen LogP) is 2.01. The Morgan fingerprint density at radius 3 is 3.15 bits per heavy atom. The highest BCUT2D eigenvalue weighted by atomic mass is 32.2. The highest BCUT2D eigenvalue weighted by Crippen LogP contribution is 2.39. The summed E-state index contributed by atoms with van der Waals surface area (Å²) >= 11 is 1.83. The van der Waals surface area contributed by atoms with Crippen LogP contribution in [0.5, 0.6) is 0 Å². The molecule has 0 amide bonds. The van der Waals surface area contributed by atoms with Crippen molar-refractivity contribution in [2.24, 2.45) is 0 Å². The SMILES string of the molecule is CSC1CNc2cccc(CO)c21. The standard InChI is InChI=1S/C10H13NOS/c1-13-9-5-11-8-4-2-3-7(6-12)10(8)9/h2-4,9,11-12H,5-6H2,1H3. The molecular formula is C10H13NOS. The van der Waals surface area contributed by atoms with Gasteiger partial charge in [-0.15, -0.1) is 0 Å². The molecule has 0 spiro atoms. The zero-order valence-corrected chi connectivity index (χ0v) is 8.40. The van der Waals surface area contributed by atoms with E-state index in [1.54, 1.807) is 0 Å². The third kappa shape index (κ3) is 1.42. The highest BCUT2D eigenvalue weighted by molar-refractivity contribution is 7.98. The fourth-order valence-corrected chi connectivity index (χ4v) is 2.56. The molecule has 2 rings (SSSR count). The number of rotatable bonds is 2. The zero-order valence-electron chi connectivity index (χ0n) is 7.58. The molecule has 1 aromatic carbocycles.